The zero-order chi connectivity index (χ0) is 23.6. The Morgan fingerprint density at radius 3 is 2.26 bits per heavy atom. The first kappa shape index (κ1) is 22.1. The second kappa shape index (κ2) is 9.68. The number of hydrogen-bond acceptors (Lipinski definition) is 6. The van der Waals surface area contributed by atoms with Gasteiger partial charge in [-0.15, -0.1) is 0 Å². The number of anilines is 1. The monoisotopic (exact) mass is 468 g/mol. The number of hydrogen-bond donors (Lipinski definition) is 2. The van der Waals surface area contributed by atoms with Crippen molar-refractivity contribution in [2.75, 3.05) is 31.9 Å². The van der Waals surface area contributed by atoms with Crippen LogP contribution in [0, 0.1) is 0 Å². The van der Waals surface area contributed by atoms with Crippen LogP contribution in [-0.2, 0) is 0 Å². The Kier molecular flexibility index (Phi) is 6.10. The van der Waals surface area contributed by atoms with E-state index >= 15 is 0 Å². The van der Waals surface area contributed by atoms with Crippen LogP contribution in [0.25, 0.3) is 22.2 Å². The number of nitrogens with zero attached hydrogens (tertiary/aromatic N) is 4. The quantitative estimate of drug-likeness (QED) is 0.435. The van der Waals surface area contributed by atoms with E-state index in [-0.39, 0.29) is 0 Å². The highest BCUT2D eigenvalue weighted by Crippen LogP contribution is 2.39. The van der Waals surface area contributed by atoms with Crippen molar-refractivity contribution in [3.05, 3.63) is 67.1 Å². The van der Waals surface area contributed by atoms with E-state index < -0.39 is 0 Å². The van der Waals surface area contributed by atoms with Crippen molar-refractivity contribution in [3.63, 3.8) is 0 Å². The largest absolute Gasteiger partial charge is 0.457 e. The van der Waals surface area contributed by atoms with Gasteiger partial charge in [0.1, 0.15) is 29.3 Å². The van der Waals surface area contributed by atoms with E-state index in [1.165, 1.54) is 25.9 Å². The summed E-state index contributed by atoms with van der Waals surface area (Å²) in [5.41, 5.74) is 9.49. The third-order valence-electron chi connectivity index (χ3n) is 7.51. The van der Waals surface area contributed by atoms with Gasteiger partial charge in [-0.1, -0.05) is 30.3 Å². The van der Waals surface area contributed by atoms with Crippen LogP contribution >= 0.6 is 0 Å². The van der Waals surface area contributed by atoms with Crippen LogP contribution in [0.1, 0.15) is 31.7 Å². The van der Waals surface area contributed by atoms with Crippen molar-refractivity contribution in [2.24, 2.45) is 0 Å². The number of benzene rings is 2. The fourth-order valence-electron chi connectivity index (χ4n) is 5.68. The Morgan fingerprint density at radius 2 is 1.51 bits per heavy atom. The van der Waals surface area contributed by atoms with Gasteiger partial charge >= 0.3 is 0 Å². The van der Waals surface area contributed by atoms with E-state index in [0.717, 1.165) is 59.6 Å². The second-order valence-electron chi connectivity index (χ2n) is 9.60. The SMILES string of the molecule is Nc1ncnc2c1c(-c1ccc(Oc3ccccc3)cc1)cn2[C@H]1CC[C@H](N2CCNCC2)CC1. The van der Waals surface area contributed by atoms with Crippen LogP contribution in [0.15, 0.2) is 67.1 Å². The topological polar surface area (TPSA) is 81.2 Å². The molecule has 1 aliphatic carbocycles. The molecule has 0 amide bonds. The van der Waals surface area contributed by atoms with Gasteiger partial charge in [-0.25, -0.2) is 9.97 Å². The van der Waals surface area contributed by atoms with Gasteiger partial charge in [0.05, 0.1) is 5.39 Å². The average Bonchev–Trinajstić information content (AvgIpc) is 3.31. The van der Waals surface area contributed by atoms with Crippen LogP contribution in [0.3, 0.4) is 0 Å². The smallest absolute Gasteiger partial charge is 0.146 e. The predicted octanol–water partition coefficient (Wildman–Crippen LogP) is 4.86. The number of nitrogens with one attached hydrogen (secondary N) is 1. The molecule has 3 heterocycles. The molecule has 7 nitrogen and oxygen atoms in total. The van der Waals surface area contributed by atoms with Crippen molar-refractivity contribution < 1.29 is 4.74 Å². The van der Waals surface area contributed by atoms with E-state index in [1.807, 2.05) is 42.5 Å². The highest BCUT2D eigenvalue weighted by atomic mass is 16.5. The van der Waals surface area contributed by atoms with Crippen LogP contribution < -0.4 is 15.8 Å². The molecule has 35 heavy (non-hydrogen) atoms. The summed E-state index contributed by atoms with van der Waals surface area (Å²) in [6.07, 6.45) is 8.59. The average molecular weight is 469 g/mol. The van der Waals surface area contributed by atoms with Crippen molar-refractivity contribution in [3.8, 4) is 22.6 Å². The maximum Gasteiger partial charge on any atom is 0.146 e. The Labute approximate surface area is 205 Å². The first-order chi connectivity index (χ1) is 17.3. The summed E-state index contributed by atoms with van der Waals surface area (Å²) in [6, 6.07) is 19.1. The summed E-state index contributed by atoms with van der Waals surface area (Å²) < 4.78 is 8.33. The molecular formula is C28H32N6O. The van der Waals surface area contributed by atoms with E-state index in [0.29, 0.717) is 17.9 Å². The van der Waals surface area contributed by atoms with E-state index in [4.69, 9.17) is 10.5 Å². The molecule has 4 aromatic rings. The second-order valence-corrected chi connectivity index (χ2v) is 9.60. The van der Waals surface area contributed by atoms with Crippen molar-refractivity contribution in [1.29, 1.82) is 0 Å². The molecule has 3 N–H and O–H groups in total. The molecule has 1 saturated carbocycles. The lowest BCUT2D eigenvalue weighted by atomic mass is 9.89. The third-order valence-corrected chi connectivity index (χ3v) is 7.51. The molecule has 180 valence electrons. The van der Waals surface area contributed by atoms with Crippen LogP contribution in [0.5, 0.6) is 11.5 Å². The van der Waals surface area contributed by atoms with Gasteiger partial charge in [0, 0.05) is 50.0 Å². The lowest BCUT2D eigenvalue weighted by molar-refractivity contribution is 0.124. The molecule has 2 aliphatic rings. The zero-order valence-electron chi connectivity index (χ0n) is 19.9. The van der Waals surface area contributed by atoms with Gasteiger partial charge in [0.15, 0.2) is 0 Å². The molecule has 6 rings (SSSR count). The van der Waals surface area contributed by atoms with Crippen LogP contribution in [0.4, 0.5) is 5.82 Å². The predicted molar refractivity (Wildman–Crippen MR) is 140 cm³/mol. The maximum absolute atomic E-state index is 6.39. The number of nitrogens with two attached hydrogens (primary N) is 1. The number of para-hydroxylation sites is 1. The fraction of sp³-hybridized carbons (Fsp3) is 0.357. The molecular weight excluding hydrogens is 436 g/mol. The summed E-state index contributed by atoms with van der Waals surface area (Å²) in [5, 5.41) is 4.41. The van der Waals surface area contributed by atoms with Gasteiger partial charge in [-0.05, 0) is 55.5 Å². The number of nitrogen functional groups attached to an aromatic ring is 1. The summed E-state index contributed by atoms with van der Waals surface area (Å²) in [7, 11) is 0. The van der Waals surface area contributed by atoms with Gasteiger partial charge in [0.25, 0.3) is 0 Å². The molecule has 0 atom stereocenters. The Bertz CT molecular complexity index is 1270. The normalized spacial score (nSPS) is 21.3. The first-order valence-corrected chi connectivity index (χ1v) is 12.7. The van der Waals surface area contributed by atoms with E-state index in [1.54, 1.807) is 6.33 Å². The van der Waals surface area contributed by atoms with Crippen molar-refractivity contribution in [2.45, 2.75) is 37.8 Å². The molecule has 2 aromatic heterocycles. The van der Waals surface area contributed by atoms with Gasteiger partial charge in [-0.3, -0.25) is 4.90 Å². The Hall–Kier alpha value is -3.42. The van der Waals surface area contributed by atoms with Crippen LogP contribution in [-0.4, -0.2) is 51.7 Å². The lowest BCUT2D eigenvalue weighted by Crippen LogP contribution is -2.49. The molecule has 0 radical (unpaired) electrons. The molecule has 0 spiro atoms. The number of piperazine rings is 1. The minimum Gasteiger partial charge on any atom is -0.457 e. The Balaban J connectivity index is 1.26. The Morgan fingerprint density at radius 1 is 0.829 bits per heavy atom. The van der Waals surface area contributed by atoms with Gasteiger partial charge in [0.2, 0.25) is 0 Å². The van der Waals surface area contributed by atoms with E-state index in [9.17, 15) is 0 Å². The van der Waals surface area contributed by atoms with Crippen LogP contribution in [0.2, 0.25) is 0 Å². The molecule has 2 fully saturated rings. The lowest BCUT2D eigenvalue weighted by Gasteiger charge is -2.39. The van der Waals surface area contributed by atoms with Gasteiger partial charge in [-0.2, -0.15) is 0 Å². The third kappa shape index (κ3) is 4.49. The number of aromatic nitrogens is 3. The minimum atomic E-state index is 0.431. The zero-order valence-corrected chi connectivity index (χ0v) is 19.9. The van der Waals surface area contributed by atoms with Gasteiger partial charge < -0.3 is 20.4 Å². The maximum atomic E-state index is 6.39. The molecule has 1 aliphatic heterocycles. The molecule has 2 aromatic carbocycles. The minimum absolute atomic E-state index is 0.431. The number of rotatable bonds is 5. The standard InChI is InChI=1S/C28H32N6O/c29-27-26-25(20-6-12-24(13-7-20)35-23-4-2-1-3-5-23)18-34(28(26)32-19-31-27)22-10-8-21(9-11-22)33-16-14-30-15-17-33/h1-7,12-13,18-19,21-22,30H,8-11,14-17H2,(H2,29,31,32)/t21-,22-. The highest BCUT2D eigenvalue weighted by molar-refractivity contribution is 6.00. The van der Waals surface area contributed by atoms with E-state index in [2.05, 4.69) is 43.1 Å². The van der Waals surface area contributed by atoms with Crippen molar-refractivity contribution >= 4 is 16.9 Å². The summed E-state index contributed by atoms with van der Waals surface area (Å²) in [6.45, 7) is 4.55. The first-order valence-electron chi connectivity index (χ1n) is 12.7. The highest BCUT2D eigenvalue weighted by Gasteiger charge is 2.29. The number of ether oxygens (including phenoxy) is 1. The summed E-state index contributed by atoms with van der Waals surface area (Å²) >= 11 is 0. The molecule has 1 saturated heterocycles. The summed E-state index contributed by atoms with van der Waals surface area (Å²) in [4.78, 5) is 11.7. The number of fused-ring (bicyclic) bond motifs is 1. The molecule has 7 heteroatoms. The summed E-state index contributed by atoms with van der Waals surface area (Å²) in [5.74, 6) is 2.16. The molecule has 0 unspecified atom stereocenters. The molecule has 0 bridgehead atoms. The van der Waals surface area contributed by atoms with Crippen molar-refractivity contribution in [1.82, 2.24) is 24.8 Å². The fourth-order valence-corrected chi connectivity index (χ4v) is 5.68.